The second-order valence-corrected chi connectivity index (χ2v) is 6.58. The van der Waals surface area contributed by atoms with E-state index in [9.17, 15) is 0 Å². The lowest BCUT2D eigenvalue weighted by molar-refractivity contribution is 0.130. The number of nitrogens with zero attached hydrogens (tertiary/aromatic N) is 2. The van der Waals surface area contributed by atoms with Crippen molar-refractivity contribution < 1.29 is 4.74 Å². The smallest absolute Gasteiger partial charge is 0.131 e. The topological polar surface area (TPSA) is 37.4 Å². The monoisotopic (exact) mass is 289 g/mol. The van der Waals surface area contributed by atoms with Crippen molar-refractivity contribution in [3.8, 4) is 0 Å². The average Bonchev–Trinajstić information content (AvgIpc) is 3.36. The van der Waals surface area contributed by atoms with Crippen molar-refractivity contribution in [1.29, 1.82) is 0 Å². The van der Waals surface area contributed by atoms with Gasteiger partial charge in [0.25, 0.3) is 0 Å². The van der Waals surface area contributed by atoms with Crippen LogP contribution in [0, 0.1) is 12.8 Å². The molecule has 1 aromatic heterocycles. The predicted molar refractivity (Wildman–Crippen MR) is 85.6 cm³/mol. The molecule has 0 saturated heterocycles. The van der Waals surface area contributed by atoms with Crippen molar-refractivity contribution in [2.75, 3.05) is 31.7 Å². The summed E-state index contributed by atoms with van der Waals surface area (Å²) in [5.74, 6) is 1.91. The number of rotatable bonds is 9. The number of hydrogen-bond donors (Lipinski definition) is 1. The Morgan fingerprint density at radius 3 is 2.81 bits per heavy atom. The quantitative estimate of drug-likeness (QED) is 0.709. The third-order valence-corrected chi connectivity index (χ3v) is 4.26. The molecule has 0 amide bonds. The summed E-state index contributed by atoms with van der Waals surface area (Å²) >= 11 is 0. The minimum absolute atomic E-state index is 0.747. The zero-order chi connectivity index (χ0) is 14.7. The lowest BCUT2D eigenvalue weighted by Gasteiger charge is -2.20. The summed E-state index contributed by atoms with van der Waals surface area (Å²) in [5, 5.41) is 3.53. The largest absolute Gasteiger partial charge is 0.379 e. The summed E-state index contributed by atoms with van der Waals surface area (Å²) in [6.45, 7) is 5.71. The minimum Gasteiger partial charge on any atom is -0.379 e. The van der Waals surface area contributed by atoms with E-state index in [1.54, 1.807) is 0 Å². The van der Waals surface area contributed by atoms with Gasteiger partial charge in [-0.2, -0.15) is 0 Å². The van der Waals surface area contributed by atoms with E-state index < -0.39 is 0 Å². The van der Waals surface area contributed by atoms with Crippen molar-refractivity contribution in [3.63, 3.8) is 0 Å². The van der Waals surface area contributed by atoms with Crippen LogP contribution >= 0.6 is 0 Å². The summed E-state index contributed by atoms with van der Waals surface area (Å²) < 4.78 is 5.71. The van der Waals surface area contributed by atoms with Crippen LogP contribution in [0.5, 0.6) is 0 Å². The van der Waals surface area contributed by atoms with E-state index in [1.807, 2.05) is 6.20 Å². The van der Waals surface area contributed by atoms with Crippen LogP contribution < -0.4 is 10.2 Å². The van der Waals surface area contributed by atoms with Crippen molar-refractivity contribution >= 4 is 5.82 Å². The number of nitrogens with one attached hydrogen (secondary N) is 1. The first-order valence-corrected chi connectivity index (χ1v) is 8.20. The summed E-state index contributed by atoms with van der Waals surface area (Å²) in [7, 11) is 2.10. The molecule has 0 radical (unpaired) electrons. The number of anilines is 1. The molecule has 0 aromatic carbocycles. The highest BCUT2D eigenvalue weighted by Crippen LogP contribution is 2.28. The third kappa shape index (κ3) is 4.68. The van der Waals surface area contributed by atoms with Crippen molar-refractivity contribution in [2.24, 2.45) is 5.92 Å². The molecular formula is C17H27N3O. The van der Waals surface area contributed by atoms with Gasteiger partial charge in [-0.1, -0.05) is 0 Å². The molecular weight excluding hydrogens is 262 g/mol. The molecule has 4 nitrogen and oxygen atoms in total. The number of pyridine rings is 1. The molecule has 1 N–H and O–H groups in total. The lowest BCUT2D eigenvalue weighted by atomic mass is 10.2. The van der Waals surface area contributed by atoms with Gasteiger partial charge in [0.05, 0.1) is 6.61 Å². The molecule has 0 spiro atoms. The van der Waals surface area contributed by atoms with E-state index in [1.165, 1.54) is 36.8 Å². The van der Waals surface area contributed by atoms with Crippen LogP contribution in [0.15, 0.2) is 12.3 Å². The van der Waals surface area contributed by atoms with E-state index in [4.69, 9.17) is 4.74 Å². The Labute approximate surface area is 127 Å². The zero-order valence-corrected chi connectivity index (χ0v) is 13.3. The van der Waals surface area contributed by atoms with Gasteiger partial charge in [0.1, 0.15) is 5.82 Å². The first-order chi connectivity index (χ1) is 10.2. The molecule has 2 aliphatic carbocycles. The van der Waals surface area contributed by atoms with E-state index in [0.717, 1.165) is 44.1 Å². The van der Waals surface area contributed by atoms with Crippen LogP contribution in [0.1, 0.15) is 36.8 Å². The van der Waals surface area contributed by atoms with Gasteiger partial charge in [0, 0.05) is 39.0 Å². The van der Waals surface area contributed by atoms with E-state index in [0.29, 0.717) is 0 Å². The molecule has 0 unspecified atom stereocenters. The summed E-state index contributed by atoms with van der Waals surface area (Å²) in [4.78, 5) is 6.83. The lowest BCUT2D eigenvalue weighted by Crippen LogP contribution is -2.25. The Balaban J connectivity index is 1.45. The molecule has 4 heteroatoms. The summed E-state index contributed by atoms with van der Waals surface area (Å²) in [6.07, 6.45) is 7.36. The van der Waals surface area contributed by atoms with Gasteiger partial charge >= 0.3 is 0 Å². The Morgan fingerprint density at radius 1 is 1.33 bits per heavy atom. The van der Waals surface area contributed by atoms with Crippen LogP contribution in [0.25, 0.3) is 0 Å². The molecule has 0 atom stereocenters. The van der Waals surface area contributed by atoms with E-state index >= 15 is 0 Å². The van der Waals surface area contributed by atoms with Gasteiger partial charge in [-0.15, -0.1) is 0 Å². The Hall–Kier alpha value is -1.13. The third-order valence-electron chi connectivity index (χ3n) is 4.26. The highest BCUT2D eigenvalue weighted by molar-refractivity contribution is 5.46. The SMILES string of the molecule is Cc1cc(CNC2CC2)cnc1N(C)CCOCC1CC1. The molecule has 21 heavy (non-hydrogen) atoms. The molecule has 116 valence electrons. The average molecular weight is 289 g/mol. The fourth-order valence-electron chi connectivity index (χ4n) is 2.51. The Kier molecular flexibility index (Phi) is 4.76. The molecule has 2 fully saturated rings. The zero-order valence-electron chi connectivity index (χ0n) is 13.3. The Morgan fingerprint density at radius 2 is 2.14 bits per heavy atom. The molecule has 1 aromatic rings. The standard InChI is InChI=1S/C17H27N3O/c1-13-9-15(10-18-16-5-6-16)11-19-17(13)20(2)7-8-21-12-14-3-4-14/h9,11,14,16,18H,3-8,10,12H2,1-2H3. The molecule has 0 aliphatic heterocycles. The first-order valence-electron chi connectivity index (χ1n) is 8.20. The van der Waals surface area contributed by atoms with Gasteiger partial charge < -0.3 is 15.0 Å². The first kappa shape index (κ1) is 14.8. The van der Waals surface area contributed by atoms with E-state index in [2.05, 4.69) is 35.2 Å². The van der Waals surface area contributed by atoms with Crippen LogP contribution in [-0.4, -0.2) is 37.8 Å². The highest BCUT2D eigenvalue weighted by Gasteiger charge is 2.21. The van der Waals surface area contributed by atoms with Gasteiger partial charge in [0.15, 0.2) is 0 Å². The van der Waals surface area contributed by atoms with Crippen LogP contribution in [0.4, 0.5) is 5.82 Å². The second kappa shape index (κ2) is 6.75. The van der Waals surface area contributed by atoms with Gasteiger partial charge in [-0.25, -0.2) is 4.98 Å². The molecule has 2 saturated carbocycles. The van der Waals surface area contributed by atoms with Gasteiger partial charge in [0.2, 0.25) is 0 Å². The number of aryl methyl sites for hydroxylation is 1. The minimum atomic E-state index is 0.747. The highest BCUT2D eigenvalue weighted by atomic mass is 16.5. The van der Waals surface area contributed by atoms with E-state index in [-0.39, 0.29) is 0 Å². The normalized spacial score (nSPS) is 18.0. The van der Waals surface area contributed by atoms with Gasteiger partial charge in [-0.05, 0) is 55.7 Å². The molecule has 0 bridgehead atoms. The number of hydrogen-bond acceptors (Lipinski definition) is 4. The summed E-state index contributed by atoms with van der Waals surface area (Å²) in [5.41, 5.74) is 2.52. The van der Waals surface area contributed by atoms with Crippen molar-refractivity contribution in [3.05, 3.63) is 23.4 Å². The second-order valence-electron chi connectivity index (χ2n) is 6.58. The van der Waals surface area contributed by atoms with Crippen LogP contribution in [-0.2, 0) is 11.3 Å². The maximum absolute atomic E-state index is 5.71. The predicted octanol–water partition coefficient (Wildman–Crippen LogP) is 2.50. The maximum Gasteiger partial charge on any atom is 0.131 e. The fraction of sp³-hybridized carbons (Fsp3) is 0.706. The molecule has 1 heterocycles. The van der Waals surface area contributed by atoms with Crippen LogP contribution in [0.2, 0.25) is 0 Å². The van der Waals surface area contributed by atoms with Gasteiger partial charge in [-0.3, -0.25) is 0 Å². The summed E-state index contributed by atoms with van der Waals surface area (Å²) in [6, 6.07) is 3.00. The number of ether oxygens (including phenoxy) is 1. The van der Waals surface area contributed by atoms with Crippen molar-refractivity contribution in [1.82, 2.24) is 10.3 Å². The maximum atomic E-state index is 5.71. The number of aromatic nitrogens is 1. The molecule has 2 aliphatic rings. The number of likely N-dealkylation sites (N-methyl/N-ethyl adjacent to an activating group) is 1. The van der Waals surface area contributed by atoms with Crippen LogP contribution in [0.3, 0.4) is 0 Å². The Bertz CT molecular complexity index is 469. The molecule has 3 rings (SSSR count). The van der Waals surface area contributed by atoms with Crippen molar-refractivity contribution in [2.45, 2.75) is 45.2 Å². The fourth-order valence-corrected chi connectivity index (χ4v) is 2.51.